The molecule has 0 fully saturated rings. The summed E-state index contributed by atoms with van der Waals surface area (Å²) in [5.74, 6) is -1.12. The summed E-state index contributed by atoms with van der Waals surface area (Å²) in [6.07, 6.45) is 1.57. The first-order valence-corrected chi connectivity index (χ1v) is 3.15. The van der Waals surface area contributed by atoms with Gasteiger partial charge in [-0.15, -0.1) is 12.4 Å². The molecule has 0 saturated carbocycles. The van der Waals surface area contributed by atoms with Crippen molar-refractivity contribution >= 4 is 18.4 Å². The Labute approximate surface area is 67.0 Å². The molecular weight excluding hydrogens is 154 g/mol. The summed E-state index contributed by atoms with van der Waals surface area (Å²) in [7, 11) is 0. The van der Waals surface area contributed by atoms with Crippen LogP contribution in [0.4, 0.5) is 0 Å². The van der Waals surface area contributed by atoms with E-state index in [2.05, 4.69) is 0 Å². The average Bonchev–Trinajstić information content (AvgIpc) is 1.82. The third-order valence-corrected chi connectivity index (χ3v) is 1.27. The van der Waals surface area contributed by atoms with E-state index in [-0.39, 0.29) is 24.9 Å². The van der Waals surface area contributed by atoms with Crippen LogP contribution in [0.3, 0.4) is 0 Å². The SMILES string of the molecule is CCC[C@H](CN)C(=O)O.Cl. The van der Waals surface area contributed by atoms with E-state index in [4.69, 9.17) is 10.8 Å². The van der Waals surface area contributed by atoms with Crippen LogP contribution in [-0.2, 0) is 4.79 Å². The van der Waals surface area contributed by atoms with Gasteiger partial charge in [0, 0.05) is 6.54 Å². The van der Waals surface area contributed by atoms with Crippen LogP contribution in [0.1, 0.15) is 19.8 Å². The van der Waals surface area contributed by atoms with Crippen LogP contribution >= 0.6 is 12.4 Å². The van der Waals surface area contributed by atoms with Gasteiger partial charge in [-0.25, -0.2) is 0 Å². The Morgan fingerprint density at radius 1 is 1.70 bits per heavy atom. The molecule has 0 aliphatic heterocycles. The molecule has 0 heterocycles. The Morgan fingerprint density at radius 2 is 2.20 bits per heavy atom. The molecule has 0 saturated heterocycles. The van der Waals surface area contributed by atoms with Crippen molar-refractivity contribution in [1.82, 2.24) is 0 Å². The van der Waals surface area contributed by atoms with Gasteiger partial charge >= 0.3 is 5.97 Å². The van der Waals surface area contributed by atoms with E-state index in [0.29, 0.717) is 6.42 Å². The molecule has 62 valence electrons. The van der Waals surface area contributed by atoms with Gasteiger partial charge in [-0.3, -0.25) is 4.79 Å². The number of carboxylic acid groups (broad SMARTS) is 1. The van der Waals surface area contributed by atoms with Gasteiger partial charge < -0.3 is 10.8 Å². The van der Waals surface area contributed by atoms with Crippen LogP contribution in [0, 0.1) is 5.92 Å². The molecule has 3 nitrogen and oxygen atoms in total. The Hall–Kier alpha value is -0.280. The van der Waals surface area contributed by atoms with Crippen LogP contribution in [0.25, 0.3) is 0 Å². The van der Waals surface area contributed by atoms with Crippen LogP contribution in [-0.4, -0.2) is 17.6 Å². The van der Waals surface area contributed by atoms with E-state index in [9.17, 15) is 4.79 Å². The van der Waals surface area contributed by atoms with Crippen molar-refractivity contribution in [2.24, 2.45) is 11.7 Å². The lowest BCUT2D eigenvalue weighted by Gasteiger charge is -2.05. The van der Waals surface area contributed by atoms with Crippen molar-refractivity contribution in [3.8, 4) is 0 Å². The van der Waals surface area contributed by atoms with Gasteiger partial charge in [0.2, 0.25) is 0 Å². The molecule has 0 aliphatic rings. The number of carbonyl (C=O) groups is 1. The minimum absolute atomic E-state index is 0. The van der Waals surface area contributed by atoms with Gasteiger partial charge in [-0.2, -0.15) is 0 Å². The van der Waals surface area contributed by atoms with Gasteiger partial charge in [-0.1, -0.05) is 13.3 Å². The van der Waals surface area contributed by atoms with E-state index in [1.807, 2.05) is 6.92 Å². The second-order valence-corrected chi connectivity index (χ2v) is 2.06. The van der Waals surface area contributed by atoms with E-state index >= 15 is 0 Å². The predicted molar refractivity (Wildman–Crippen MR) is 42.3 cm³/mol. The van der Waals surface area contributed by atoms with E-state index in [1.54, 1.807) is 0 Å². The number of carboxylic acids is 1. The molecule has 0 amide bonds. The van der Waals surface area contributed by atoms with Crippen LogP contribution < -0.4 is 5.73 Å². The Kier molecular flexibility index (Phi) is 8.48. The van der Waals surface area contributed by atoms with E-state index in [0.717, 1.165) is 6.42 Å². The Morgan fingerprint density at radius 3 is 2.30 bits per heavy atom. The summed E-state index contributed by atoms with van der Waals surface area (Å²) >= 11 is 0. The molecule has 0 spiro atoms. The standard InChI is InChI=1S/C6H13NO2.ClH/c1-2-3-5(4-7)6(8)9;/h5H,2-4,7H2,1H3,(H,8,9);1H/t5-;/m1./s1. The number of halogens is 1. The Bertz CT molecular complexity index is 97.7. The highest BCUT2D eigenvalue weighted by Gasteiger charge is 2.12. The molecule has 1 atom stereocenters. The second kappa shape index (κ2) is 6.83. The lowest BCUT2D eigenvalue weighted by Crippen LogP contribution is -2.22. The topological polar surface area (TPSA) is 63.3 Å². The lowest BCUT2D eigenvalue weighted by molar-refractivity contribution is -0.141. The van der Waals surface area contributed by atoms with Gasteiger partial charge in [0.15, 0.2) is 0 Å². The van der Waals surface area contributed by atoms with Gasteiger partial charge in [0.1, 0.15) is 0 Å². The molecular formula is C6H14ClNO2. The number of hydrogen-bond donors (Lipinski definition) is 2. The van der Waals surface area contributed by atoms with Gasteiger partial charge in [0.25, 0.3) is 0 Å². The Balaban J connectivity index is 0. The fraction of sp³-hybridized carbons (Fsp3) is 0.833. The highest BCUT2D eigenvalue weighted by Crippen LogP contribution is 2.03. The van der Waals surface area contributed by atoms with Crippen LogP contribution in [0.15, 0.2) is 0 Å². The second-order valence-electron chi connectivity index (χ2n) is 2.06. The summed E-state index contributed by atoms with van der Waals surface area (Å²) in [5, 5.41) is 8.42. The first kappa shape index (κ1) is 12.4. The molecule has 0 bridgehead atoms. The number of aliphatic carboxylic acids is 1. The van der Waals surface area contributed by atoms with Crippen molar-refractivity contribution in [2.45, 2.75) is 19.8 Å². The molecule has 0 radical (unpaired) electrons. The monoisotopic (exact) mass is 167 g/mol. The normalized spacial score (nSPS) is 11.8. The van der Waals surface area contributed by atoms with Gasteiger partial charge in [0.05, 0.1) is 5.92 Å². The van der Waals surface area contributed by atoms with Crippen molar-refractivity contribution in [3.63, 3.8) is 0 Å². The zero-order valence-electron chi connectivity index (χ0n) is 6.04. The molecule has 0 unspecified atom stereocenters. The highest BCUT2D eigenvalue weighted by molar-refractivity contribution is 5.85. The van der Waals surface area contributed by atoms with Crippen molar-refractivity contribution in [3.05, 3.63) is 0 Å². The first-order valence-electron chi connectivity index (χ1n) is 3.15. The molecule has 0 rings (SSSR count). The number of rotatable bonds is 4. The maximum atomic E-state index is 10.2. The summed E-state index contributed by atoms with van der Waals surface area (Å²) in [5.41, 5.74) is 5.18. The largest absolute Gasteiger partial charge is 0.481 e. The van der Waals surface area contributed by atoms with Crippen molar-refractivity contribution in [1.29, 1.82) is 0 Å². The number of hydrogen-bond acceptors (Lipinski definition) is 2. The molecule has 3 N–H and O–H groups in total. The minimum atomic E-state index is -0.778. The van der Waals surface area contributed by atoms with Crippen LogP contribution in [0.5, 0.6) is 0 Å². The van der Waals surface area contributed by atoms with E-state index < -0.39 is 5.97 Å². The molecule has 0 aromatic carbocycles. The predicted octanol–water partition coefficient (Wildman–Crippen LogP) is 0.868. The summed E-state index contributed by atoms with van der Waals surface area (Å²) < 4.78 is 0. The molecule has 4 heteroatoms. The van der Waals surface area contributed by atoms with Crippen molar-refractivity contribution in [2.75, 3.05) is 6.54 Å². The quantitative estimate of drug-likeness (QED) is 0.653. The summed E-state index contributed by atoms with van der Waals surface area (Å²) in [6.45, 7) is 2.20. The third kappa shape index (κ3) is 4.58. The summed E-state index contributed by atoms with van der Waals surface area (Å²) in [6, 6.07) is 0. The molecule has 0 aromatic rings. The molecule has 0 aliphatic carbocycles. The molecule has 10 heavy (non-hydrogen) atoms. The lowest BCUT2D eigenvalue weighted by atomic mass is 10.1. The van der Waals surface area contributed by atoms with Crippen LogP contribution in [0.2, 0.25) is 0 Å². The first-order chi connectivity index (χ1) is 4.22. The van der Waals surface area contributed by atoms with Gasteiger partial charge in [-0.05, 0) is 6.42 Å². The summed E-state index contributed by atoms with van der Waals surface area (Å²) in [4.78, 5) is 10.2. The zero-order chi connectivity index (χ0) is 7.28. The fourth-order valence-corrected chi connectivity index (χ4v) is 0.691. The fourth-order valence-electron chi connectivity index (χ4n) is 0.691. The maximum absolute atomic E-state index is 10.2. The third-order valence-electron chi connectivity index (χ3n) is 1.27. The average molecular weight is 168 g/mol. The maximum Gasteiger partial charge on any atom is 0.307 e. The van der Waals surface area contributed by atoms with Crippen molar-refractivity contribution < 1.29 is 9.90 Å². The minimum Gasteiger partial charge on any atom is -0.481 e. The van der Waals surface area contributed by atoms with E-state index in [1.165, 1.54) is 0 Å². The highest BCUT2D eigenvalue weighted by atomic mass is 35.5. The zero-order valence-corrected chi connectivity index (χ0v) is 6.86. The smallest absolute Gasteiger partial charge is 0.307 e. The molecule has 0 aromatic heterocycles. The number of nitrogens with two attached hydrogens (primary N) is 1.